The van der Waals surface area contributed by atoms with E-state index in [9.17, 15) is 4.79 Å². The van der Waals surface area contributed by atoms with Crippen LogP contribution in [-0.4, -0.2) is 19.6 Å². The molecule has 23 heavy (non-hydrogen) atoms. The molecule has 1 aromatic heterocycles. The molecule has 124 valence electrons. The minimum Gasteiger partial charge on any atom is -0.497 e. The molecule has 0 aliphatic carbocycles. The molecule has 0 spiro atoms. The molecule has 0 fully saturated rings. The van der Waals surface area contributed by atoms with E-state index in [1.54, 1.807) is 7.11 Å². The fraction of sp³-hybridized carbons (Fsp3) is 0.389. The van der Waals surface area contributed by atoms with Crippen LogP contribution in [0.15, 0.2) is 40.8 Å². The third-order valence-corrected chi connectivity index (χ3v) is 3.44. The molecule has 0 aliphatic rings. The van der Waals surface area contributed by atoms with E-state index in [1.807, 2.05) is 50.2 Å². The number of methoxy groups -OCH3 is 1. The van der Waals surface area contributed by atoms with Gasteiger partial charge in [0.2, 0.25) is 5.91 Å². The van der Waals surface area contributed by atoms with Crippen LogP contribution in [-0.2, 0) is 4.79 Å². The molecule has 0 aliphatic heterocycles. The van der Waals surface area contributed by atoms with Crippen molar-refractivity contribution in [2.75, 3.05) is 13.7 Å². The number of aryl methyl sites for hydroxylation is 1. The summed E-state index contributed by atoms with van der Waals surface area (Å²) >= 11 is 0. The van der Waals surface area contributed by atoms with Gasteiger partial charge in [0.15, 0.2) is 0 Å². The number of nitrogens with one attached hydrogen (secondary N) is 1. The Morgan fingerprint density at radius 3 is 2.48 bits per heavy atom. The largest absolute Gasteiger partial charge is 0.497 e. The first-order chi connectivity index (χ1) is 11.1. The lowest BCUT2D eigenvalue weighted by molar-refractivity contribution is -0.122. The molecular weight excluding hydrogens is 294 g/mol. The molecule has 5 nitrogen and oxygen atoms in total. The molecular formula is C18H23NO4. The van der Waals surface area contributed by atoms with Gasteiger partial charge in [-0.05, 0) is 56.7 Å². The Morgan fingerprint density at radius 2 is 1.87 bits per heavy atom. The molecule has 0 bridgehead atoms. The minimum atomic E-state index is -0.126. The van der Waals surface area contributed by atoms with Gasteiger partial charge in [0.25, 0.3) is 0 Å². The van der Waals surface area contributed by atoms with Crippen LogP contribution in [0.25, 0.3) is 0 Å². The maximum absolute atomic E-state index is 11.9. The Hall–Kier alpha value is -2.43. The highest BCUT2D eigenvalue weighted by atomic mass is 16.5. The Labute approximate surface area is 136 Å². The average Bonchev–Trinajstić information content (AvgIpc) is 2.99. The van der Waals surface area contributed by atoms with E-state index in [0.29, 0.717) is 19.4 Å². The topological polar surface area (TPSA) is 60.7 Å². The molecule has 0 saturated heterocycles. The first-order valence-corrected chi connectivity index (χ1v) is 7.71. The molecule has 1 aromatic carbocycles. The van der Waals surface area contributed by atoms with E-state index in [-0.39, 0.29) is 11.9 Å². The zero-order chi connectivity index (χ0) is 16.7. The maximum atomic E-state index is 11.9. The van der Waals surface area contributed by atoms with Gasteiger partial charge in [-0.15, -0.1) is 0 Å². The summed E-state index contributed by atoms with van der Waals surface area (Å²) in [7, 11) is 1.62. The van der Waals surface area contributed by atoms with Gasteiger partial charge >= 0.3 is 0 Å². The average molecular weight is 317 g/mol. The summed E-state index contributed by atoms with van der Waals surface area (Å²) in [6.45, 7) is 4.28. The highest BCUT2D eigenvalue weighted by Crippen LogP contribution is 2.18. The van der Waals surface area contributed by atoms with E-state index in [1.165, 1.54) is 0 Å². The molecule has 1 unspecified atom stereocenters. The van der Waals surface area contributed by atoms with Crippen LogP contribution in [0.3, 0.4) is 0 Å². The Bertz CT molecular complexity index is 618. The Kier molecular flexibility index (Phi) is 6.09. The molecule has 2 aromatic rings. The van der Waals surface area contributed by atoms with Crippen molar-refractivity contribution in [3.05, 3.63) is 47.9 Å². The third kappa shape index (κ3) is 5.36. The van der Waals surface area contributed by atoms with Crippen molar-refractivity contribution >= 4 is 5.91 Å². The van der Waals surface area contributed by atoms with Gasteiger partial charge in [-0.25, -0.2) is 0 Å². The molecule has 1 heterocycles. The highest BCUT2D eigenvalue weighted by Gasteiger charge is 2.12. The monoisotopic (exact) mass is 317 g/mol. The smallest absolute Gasteiger partial charge is 0.220 e. The number of hydrogen-bond donors (Lipinski definition) is 1. The van der Waals surface area contributed by atoms with Crippen LogP contribution in [0.1, 0.15) is 37.3 Å². The molecule has 1 atom stereocenters. The number of rotatable bonds is 8. The SMILES string of the molecule is COc1ccc(OCCCC(=O)NC(C)c2ccc(C)o2)cc1. The Balaban J connectivity index is 1.66. The van der Waals surface area contributed by atoms with E-state index < -0.39 is 0 Å². The van der Waals surface area contributed by atoms with E-state index in [4.69, 9.17) is 13.9 Å². The minimum absolute atomic E-state index is 0.00937. The van der Waals surface area contributed by atoms with Crippen molar-refractivity contribution in [2.24, 2.45) is 0 Å². The number of carbonyl (C=O) groups excluding carboxylic acids is 1. The van der Waals surface area contributed by atoms with Crippen LogP contribution >= 0.6 is 0 Å². The molecule has 5 heteroatoms. The molecule has 2 rings (SSSR count). The lowest BCUT2D eigenvalue weighted by Crippen LogP contribution is -2.26. The van der Waals surface area contributed by atoms with Gasteiger partial charge in [0.05, 0.1) is 19.8 Å². The second kappa shape index (κ2) is 8.27. The highest BCUT2D eigenvalue weighted by molar-refractivity contribution is 5.76. The number of benzene rings is 1. The van der Waals surface area contributed by atoms with Crippen molar-refractivity contribution in [1.29, 1.82) is 0 Å². The van der Waals surface area contributed by atoms with Crippen molar-refractivity contribution in [3.8, 4) is 11.5 Å². The van der Waals surface area contributed by atoms with Crippen molar-refractivity contribution in [1.82, 2.24) is 5.32 Å². The summed E-state index contributed by atoms with van der Waals surface area (Å²) in [5.74, 6) is 3.16. The summed E-state index contributed by atoms with van der Waals surface area (Å²) < 4.78 is 16.2. The van der Waals surface area contributed by atoms with Gasteiger partial charge in [-0.2, -0.15) is 0 Å². The number of amides is 1. The zero-order valence-corrected chi connectivity index (χ0v) is 13.8. The fourth-order valence-corrected chi connectivity index (χ4v) is 2.17. The summed E-state index contributed by atoms with van der Waals surface area (Å²) in [4.78, 5) is 11.9. The summed E-state index contributed by atoms with van der Waals surface area (Å²) in [5.41, 5.74) is 0. The molecule has 0 radical (unpaired) electrons. The van der Waals surface area contributed by atoms with Gasteiger partial charge in [0, 0.05) is 6.42 Å². The zero-order valence-electron chi connectivity index (χ0n) is 13.8. The summed E-state index contributed by atoms with van der Waals surface area (Å²) in [6, 6.07) is 11.0. The van der Waals surface area contributed by atoms with E-state index >= 15 is 0 Å². The quantitative estimate of drug-likeness (QED) is 0.755. The van der Waals surface area contributed by atoms with Crippen LogP contribution < -0.4 is 14.8 Å². The van der Waals surface area contributed by atoms with Gasteiger partial charge in [-0.1, -0.05) is 0 Å². The summed E-state index contributed by atoms with van der Waals surface area (Å²) in [5, 5.41) is 2.92. The lowest BCUT2D eigenvalue weighted by Gasteiger charge is -2.12. The first kappa shape index (κ1) is 16.9. The third-order valence-electron chi connectivity index (χ3n) is 3.44. The summed E-state index contributed by atoms with van der Waals surface area (Å²) in [6.07, 6.45) is 1.07. The molecule has 1 N–H and O–H groups in total. The second-order valence-corrected chi connectivity index (χ2v) is 5.37. The predicted molar refractivity (Wildman–Crippen MR) is 87.7 cm³/mol. The molecule has 1 amide bonds. The van der Waals surface area contributed by atoms with Crippen molar-refractivity contribution in [2.45, 2.75) is 32.7 Å². The molecule has 0 saturated carbocycles. The van der Waals surface area contributed by atoms with Crippen LogP contribution in [0.5, 0.6) is 11.5 Å². The maximum Gasteiger partial charge on any atom is 0.220 e. The Morgan fingerprint density at radius 1 is 1.17 bits per heavy atom. The normalized spacial score (nSPS) is 11.8. The first-order valence-electron chi connectivity index (χ1n) is 7.71. The second-order valence-electron chi connectivity index (χ2n) is 5.37. The van der Waals surface area contributed by atoms with Gasteiger partial charge in [0.1, 0.15) is 23.0 Å². The van der Waals surface area contributed by atoms with Crippen molar-refractivity contribution in [3.63, 3.8) is 0 Å². The van der Waals surface area contributed by atoms with Gasteiger partial charge in [-0.3, -0.25) is 4.79 Å². The number of ether oxygens (including phenoxy) is 2. The van der Waals surface area contributed by atoms with E-state index in [2.05, 4.69) is 5.32 Å². The number of furan rings is 1. The number of hydrogen-bond acceptors (Lipinski definition) is 4. The fourth-order valence-electron chi connectivity index (χ4n) is 2.17. The van der Waals surface area contributed by atoms with Crippen molar-refractivity contribution < 1.29 is 18.7 Å². The van der Waals surface area contributed by atoms with Gasteiger partial charge < -0.3 is 19.2 Å². The number of carbonyl (C=O) groups is 1. The standard InChI is InChI=1S/C18H23NO4/c1-13-6-11-17(23-13)14(2)19-18(20)5-4-12-22-16-9-7-15(21-3)8-10-16/h6-11,14H,4-5,12H2,1-3H3,(H,19,20). The van der Waals surface area contributed by atoms with Crippen LogP contribution in [0.4, 0.5) is 0 Å². The lowest BCUT2D eigenvalue weighted by atomic mass is 10.2. The van der Waals surface area contributed by atoms with Crippen LogP contribution in [0, 0.1) is 6.92 Å². The van der Waals surface area contributed by atoms with Crippen LogP contribution in [0.2, 0.25) is 0 Å². The predicted octanol–water partition coefficient (Wildman–Crippen LogP) is 3.63. The van der Waals surface area contributed by atoms with E-state index in [0.717, 1.165) is 23.0 Å².